The normalized spacial score (nSPS) is 12.8. The van der Waals surface area contributed by atoms with Crippen molar-refractivity contribution >= 4 is 50.7 Å². The zero-order valence-electron chi connectivity index (χ0n) is 23.1. The molecule has 214 valence electrons. The number of aryl methyl sites for hydroxylation is 1. The van der Waals surface area contributed by atoms with Crippen LogP contribution >= 0.6 is 23.2 Å². The number of amides is 2. The summed E-state index contributed by atoms with van der Waals surface area (Å²) in [6.07, 6.45) is 1.06. The van der Waals surface area contributed by atoms with Crippen molar-refractivity contribution < 1.29 is 18.0 Å². The van der Waals surface area contributed by atoms with Crippen molar-refractivity contribution in [2.24, 2.45) is 0 Å². The molecule has 7 nitrogen and oxygen atoms in total. The average Bonchev–Trinajstić information content (AvgIpc) is 2.92. The minimum Gasteiger partial charge on any atom is -0.352 e. The van der Waals surface area contributed by atoms with E-state index in [1.807, 2.05) is 27.7 Å². The molecule has 0 spiro atoms. The Labute approximate surface area is 247 Å². The lowest BCUT2D eigenvalue weighted by Crippen LogP contribution is -2.53. The summed E-state index contributed by atoms with van der Waals surface area (Å²) in [5.41, 5.74) is 1.89. The van der Waals surface area contributed by atoms with Crippen LogP contribution in [0.5, 0.6) is 0 Å². The second-order valence-corrected chi connectivity index (χ2v) is 12.4. The van der Waals surface area contributed by atoms with E-state index in [4.69, 9.17) is 23.2 Å². The number of sulfonamides is 1. The summed E-state index contributed by atoms with van der Waals surface area (Å²) in [7, 11) is -4.16. The van der Waals surface area contributed by atoms with Crippen LogP contribution < -0.4 is 9.62 Å². The van der Waals surface area contributed by atoms with Crippen molar-refractivity contribution in [2.75, 3.05) is 10.8 Å². The van der Waals surface area contributed by atoms with E-state index in [-0.39, 0.29) is 29.1 Å². The molecule has 0 bridgehead atoms. The molecule has 0 aliphatic rings. The van der Waals surface area contributed by atoms with Gasteiger partial charge in [0.15, 0.2) is 0 Å². The molecule has 3 aromatic carbocycles. The van der Waals surface area contributed by atoms with Crippen LogP contribution in [0.25, 0.3) is 0 Å². The Morgan fingerprint density at radius 2 is 1.55 bits per heavy atom. The first-order valence-electron chi connectivity index (χ1n) is 13.2. The van der Waals surface area contributed by atoms with Crippen LogP contribution in [0, 0.1) is 6.92 Å². The summed E-state index contributed by atoms with van der Waals surface area (Å²) in [4.78, 5) is 28.8. The highest BCUT2D eigenvalue weighted by Crippen LogP contribution is 2.27. The second-order valence-electron chi connectivity index (χ2n) is 9.69. The SMILES string of the molecule is CC[C@@H](C)NC(=O)[C@H](CC)N(Cc1ccc(Cl)cc1)C(=O)CN(c1cccc(Cl)c1)S(=O)(=O)c1ccc(C)cc1. The molecular weight excluding hydrogens is 569 g/mol. The third-order valence-electron chi connectivity index (χ3n) is 6.64. The minimum atomic E-state index is -4.16. The number of hydrogen-bond acceptors (Lipinski definition) is 4. The number of carbonyl (C=O) groups excluding carboxylic acids is 2. The molecule has 0 radical (unpaired) electrons. The Hall–Kier alpha value is -3.07. The fourth-order valence-corrected chi connectivity index (χ4v) is 5.86. The minimum absolute atomic E-state index is 0.0386. The number of benzene rings is 3. The lowest BCUT2D eigenvalue weighted by atomic mass is 10.1. The van der Waals surface area contributed by atoms with Crippen molar-refractivity contribution in [3.8, 4) is 0 Å². The molecule has 10 heteroatoms. The number of anilines is 1. The summed E-state index contributed by atoms with van der Waals surface area (Å²) in [6.45, 7) is 7.10. The number of hydrogen-bond donors (Lipinski definition) is 1. The number of carbonyl (C=O) groups is 2. The van der Waals surface area contributed by atoms with Crippen LogP contribution in [0.3, 0.4) is 0 Å². The predicted octanol–water partition coefficient (Wildman–Crippen LogP) is 6.22. The topological polar surface area (TPSA) is 86.8 Å². The first kappa shape index (κ1) is 31.5. The zero-order chi connectivity index (χ0) is 29.4. The third-order valence-corrected chi connectivity index (χ3v) is 8.91. The molecule has 40 heavy (non-hydrogen) atoms. The van der Waals surface area contributed by atoms with Crippen molar-refractivity contribution in [2.45, 2.75) is 64.1 Å². The molecule has 0 fully saturated rings. The van der Waals surface area contributed by atoms with Gasteiger partial charge in [0.05, 0.1) is 10.6 Å². The third kappa shape index (κ3) is 7.99. The first-order valence-corrected chi connectivity index (χ1v) is 15.3. The second kappa shape index (κ2) is 14.0. The van der Waals surface area contributed by atoms with Gasteiger partial charge in [-0.25, -0.2) is 8.42 Å². The first-order chi connectivity index (χ1) is 19.0. The van der Waals surface area contributed by atoms with E-state index < -0.39 is 28.5 Å². The number of nitrogens with one attached hydrogen (secondary N) is 1. The van der Waals surface area contributed by atoms with E-state index in [0.29, 0.717) is 16.5 Å². The van der Waals surface area contributed by atoms with Crippen LogP contribution in [-0.4, -0.2) is 43.8 Å². The average molecular weight is 605 g/mol. The quantitative estimate of drug-likeness (QED) is 0.266. The maximum atomic E-state index is 14.1. The standard InChI is InChI=1S/C30H35Cl2N3O4S/c1-5-22(4)33-30(37)28(6-2)34(19-23-12-14-24(31)15-13-23)29(36)20-35(26-9-7-8-25(32)18-26)40(38,39)27-16-10-21(3)11-17-27/h7-18,22,28H,5-6,19-20H2,1-4H3,(H,33,37)/t22-,28+/m1/s1. The molecule has 0 heterocycles. The molecule has 2 amide bonds. The van der Waals surface area contributed by atoms with Crippen molar-refractivity contribution in [3.05, 3.63) is 94.0 Å². The summed E-state index contributed by atoms with van der Waals surface area (Å²) in [5, 5.41) is 3.83. The molecule has 1 N–H and O–H groups in total. The van der Waals surface area contributed by atoms with Crippen molar-refractivity contribution in [1.29, 1.82) is 0 Å². The van der Waals surface area contributed by atoms with Gasteiger partial charge in [-0.1, -0.05) is 72.9 Å². The molecule has 0 aliphatic carbocycles. The zero-order valence-corrected chi connectivity index (χ0v) is 25.4. The predicted molar refractivity (Wildman–Crippen MR) is 161 cm³/mol. The highest BCUT2D eigenvalue weighted by atomic mass is 35.5. The van der Waals surface area contributed by atoms with Gasteiger partial charge >= 0.3 is 0 Å². The summed E-state index contributed by atoms with van der Waals surface area (Å²) >= 11 is 12.3. The maximum Gasteiger partial charge on any atom is 0.264 e. The van der Waals surface area contributed by atoms with Crippen LogP contribution in [0.15, 0.2) is 77.7 Å². The molecule has 0 aliphatic heterocycles. The highest BCUT2D eigenvalue weighted by Gasteiger charge is 2.34. The van der Waals surface area contributed by atoms with Gasteiger partial charge in [-0.3, -0.25) is 13.9 Å². The van der Waals surface area contributed by atoms with E-state index in [1.54, 1.807) is 54.6 Å². The molecule has 2 atom stereocenters. The summed E-state index contributed by atoms with van der Waals surface area (Å²) in [5.74, 6) is -0.827. The molecule has 0 aromatic heterocycles. The van der Waals surface area contributed by atoms with Crippen LogP contribution in [0.4, 0.5) is 5.69 Å². The van der Waals surface area contributed by atoms with Gasteiger partial charge in [-0.15, -0.1) is 0 Å². The van der Waals surface area contributed by atoms with Gasteiger partial charge in [0.25, 0.3) is 10.0 Å². The monoisotopic (exact) mass is 603 g/mol. The molecule has 0 saturated carbocycles. The molecule has 0 unspecified atom stereocenters. The van der Waals surface area contributed by atoms with Gasteiger partial charge in [-0.05, 0) is 74.7 Å². The fraction of sp³-hybridized carbons (Fsp3) is 0.333. The van der Waals surface area contributed by atoms with E-state index in [2.05, 4.69) is 5.32 Å². The Balaban J connectivity index is 2.05. The Morgan fingerprint density at radius 3 is 2.12 bits per heavy atom. The lowest BCUT2D eigenvalue weighted by Gasteiger charge is -2.33. The van der Waals surface area contributed by atoms with E-state index >= 15 is 0 Å². The molecule has 3 aromatic rings. The molecular formula is C30H35Cl2N3O4S. The van der Waals surface area contributed by atoms with E-state index in [0.717, 1.165) is 21.9 Å². The largest absolute Gasteiger partial charge is 0.352 e. The van der Waals surface area contributed by atoms with Gasteiger partial charge in [-0.2, -0.15) is 0 Å². The van der Waals surface area contributed by atoms with Crippen LogP contribution in [0.2, 0.25) is 10.0 Å². The van der Waals surface area contributed by atoms with Crippen LogP contribution in [0.1, 0.15) is 44.7 Å². The van der Waals surface area contributed by atoms with Gasteiger partial charge in [0, 0.05) is 22.6 Å². The Kier molecular flexibility index (Phi) is 11.0. The summed E-state index contributed by atoms with van der Waals surface area (Å²) < 4.78 is 28.8. The summed E-state index contributed by atoms with van der Waals surface area (Å²) in [6, 6.07) is 18.8. The number of rotatable bonds is 12. The van der Waals surface area contributed by atoms with Gasteiger partial charge in [0.1, 0.15) is 12.6 Å². The van der Waals surface area contributed by atoms with E-state index in [9.17, 15) is 18.0 Å². The number of halogens is 2. The smallest absolute Gasteiger partial charge is 0.264 e. The molecule has 0 saturated heterocycles. The molecule has 3 rings (SSSR count). The maximum absolute atomic E-state index is 14.1. The Bertz CT molecular complexity index is 1410. The van der Waals surface area contributed by atoms with E-state index in [1.165, 1.54) is 23.1 Å². The highest BCUT2D eigenvalue weighted by molar-refractivity contribution is 7.92. The number of nitrogens with zero attached hydrogens (tertiary/aromatic N) is 2. The van der Waals surface area contributed by atoms with Crippen molar-refractivity contribution in [3.63, 3.8) is 0 Å². The Morgan fingerprint density at radius 1 is 0.900 bits per heavy atom. The van der Waals surface area contributed by atoms with Crippen LogP contribution in [-0.2, 0) is 26.2 Å². The van der Waals surface area contributed by atoms with Gasteiger partial charge < -0.3 is 10.2 Å². The van der Waals surface area contributed by atoms with Gasteiger partial charge in [0.2, 0.25) is 11.8 Å². The van der Waals surface area contributed by atoms with Crippen molar-refractivity contribution in [1.82, 2.24) is 10.2 Å². The lowest BCUT2D eigenvalue weighted by molar-refractivity contribution is -0.140. The fourth-order valence-electron chi connectivity index (χ4n) is 4.14.